The van der Waals surface area contributed by atoms with Gasteiger partial charge in [0.2, 0.25) is 10.0 Å². The maximum absolute atomic E-state index is 15.7. The van der Waals surface area contributed by atoms with E-state index in [2.05, 4.69) is 9.82 Å². The van der Waals surface area contributed by atoms with Gasteiger partial charge in [0.1, 0.15) is 5.82 Å². The Labute approximate surface area is 171 Å². The summed E-state index contributed by atoms with van der Waals surface area (Å²) in [5, 5.41) is 4.35. The van der Waals surface area contributed by atoms with Crippen LogP contribution in [-0.2, 0) is 26.4 Å². The predicted octanol–water partition coefficient (Wildman–Crippen LogP) is 2.51. The first-order chi connectivity index (χ1) is 13.1. The van der Waals surface area contributed by atoms with Gasteiger partial charge in [-0.15, -0.1) is 0 Å². The monoisotopic (exact) mass is 423 g/mol. The Bertz CT molecular complexity index is 1060. The zero-order valence-corrected chi connectivity index (χ0v) is 18.9. The molecular formula is C19H27BFN3O4S. The van der Waals surface area contributed by atoms with Crippen molar-refractivity contribution in [3.63, 3.8) is 0 Å². The molecule has 1 aliphatic heterocycles. The first kappa shape index (κ1) is 21.8. The maximum Gasteiger partial charge on any atom is 0.497 e. The number of nitrogens with zero attached hydrogens (tertiary/aromatic N) is 2. The van der Waals surface area contributed by atoms with Crippen LogP contribution in [0.2, 0.25) is 0 Å². The normalized spacial score (nSPS) is 18.3. The number of hydrogen-bond acceptors (Lipinski definition) is 5. The van der Waals surface area contributed by atoms with Gasteiger partial charge in [-0.25, -0.2) is 12.8 Å². The largest absolute Gasteiger partial charge is 0.497 e. The molecule has 0 amide bonds. The zero-order valence-electron chi connectivity index (χ0n) is 18.0. The third-order valence-corrected chi connectivity index (χ3v) is 6.30. The van der Waals surface area contributed by atoms with Gasteiger partial charge in [0.05, 0.1) is 23.2 Å². The summed E-state index contributed by atoms with van der Waals surface area (Å²) in [5.74, 6) is -0.526. The molecule has 0 atom stereocenters. The van der Waals surface area contributed by atoms with E-state index in [1.165, 1.54) is 12.1 Å². The third kappa shape index (κ3) is 3.93. The van der Waals surface area contributed by atoms with Gasteiger partial charge < -0.3 is 9.31 Å². The summed E-state index contributed by atoms with van der Waals surface area (Å²) >= 11 is 0. The van der Waals surface area contributed by atoms with Gasteiger partial charge >= 0.3 is 7.12 Å². The lowest BCUT2D eigenvalue weighted by Gasteiger charge is -2.32. The SMILES string of the molecule is Cc1nn(C)c(C)c1-c1cc(NS(C)(=O)=O)cc(B2OC(C)(C)C(C)(C)O2)c1F. The Morgan fingerprint density at radius 2 is 1.69 bits per heavy atom. The Hall–Kier alpha value is -1.91. The van der Waals surface area contributed by atoms with Crippen LogP contribution in [0.5, 0.6) is 0 Å². The first-order valence-electron chi connectivity index (χ1n) is 9.30. The lowest BCUT2D eigenvalue weighted by atomic mass is 9.76. The first-order valence-corrected chi connectivity index (χ1v) is 11.2. The summed E-state index contributed by atoms with van der Waals surface area (Å²) in [6.07, 6.45) is 1.05. The molecule has 10 heteroatoms. The second-order valence-corrected chi connectivity index (χ2v) is 10.3. The summed E-state index contributed by atoms with van der Waals surface area (Å²) in [7, 11) is -2.76. The number of anilines is 1. The second kappa shape index (κ2) is 6.82. The maximum atomic E-state index is 15.7. The van der Waals surface area contributed by atoms with Crippen molar-refractivity contribution in [1.29, 1.82) is 0 Å². The van der Waals surface area contributed by atoms with Crippen LogP contribution >= 0.6 is 0 Å². The van der Waals surface area contributed by atoms with E-state index >= 15 is 4.39 Å². The highest BCUT2D eigenvalue weighted by molar-refractivity contribution is 7.92. The van der Waals surface area contributed by atoms with Crippen LogP contribution in [-0.4, -0.2) is 42.8 Å². The van der Waals surface area contributed by atoms with Gasteiger partial charge in [0.25, 0.3) is 0 Å². The molecule has 1 saturated heterocycles. The highest BCUT2D eigenvalue weighted by Gasteiger charge is 2.52. The van der Waals surface area contributed by atoms with Crippen molar-refractivity contribution in [2.24, 2.45) is 7.05 Å². The smallest absolute Gasteiger partial charge is 0.399 e. The Balaban J connectivity index is 2.23. The molecular weight excluding hydrogens is 396 g/mol. The molecule has 29 heavy (non-hydrogen) atoms. The van der Waals surface area contributed by atoms with E-state index in [0.717, 1.165) is 11.9 Å². The highest BCUT2D eigenvalue weighted by atomic mass is 32.2. The quantitative estimate of drug-likeness (QED) is 0.765. The number of rotatable bonds is 4. The van der Waals surface area contributed by atoms with E-state index < -0.39 is 34.2 Å². The van der Waals surface area contributed by atoms with Gasteiger partial charge in [-0.05, 0) is 53.7 Å². The van der Waals surface area contributed by atoms with E-state index in [9.17, 15) is 8.42 Å². The fourth-order valence-electron chi connectivity index (χ4n) is 3.41. The average Bonchev–Trinajstić information content (AvgIpc) is 2.91. The topological polar surface area (TPSA) is 82.5 Å². The molecule has 1 aromatic heterocycles. The van der Waals surface area contributed by atoms with Crippen molar-refractivity contribution < 1.29 is 22.1 Å². The van der Waals surface area contributed by atoms with Crippen molar-refractivity contribution in [2.45, 2.75) is 52.7 Å². The minimum absolute atomic E-state index is 0.134. The summed E-state index contributed by atoms with van der Waals surface area (Å²) < 4.78 is 55.5. The molecule has 1 fully saturated rings. The van der Waals surface area contributed by atoms with Crippen molar-refractivity contribution in [3.05, 3.63) is 29.3 Å². The number of sulfonamides is 1. The lowest BCUT2D eigenvalue weighted by molar-refractivity contribution is 0.00578. The van der Waals surface area contributed by atoms with E-state index in [-0.39, 0.29) is 16.7 Å². The van der Waals surface area contributed by atoms with Crippen LogP contribution in [0, 0.1) is 19.7 Å². The molecule has 1 aliphatic rings. The molecule has 0 bridgehead atoms. The Kier molecular flexibility index (Phi) is 5.12. The molecule has 158 valence electrons. The van der Waals surface area contributed by atoms with Crippen molar-refractivity contribution >= 4 is 28.3 Å². The van der Waals surface area contributed by atoms with Gasteiger partial charge in [0.15, 0.2) is 0 Å². The molecule has 0 spiro atoms. The molecule has 2 aromatic rings. The number of halogens is 1. The van der Waals surface area contributed by atoms with Crippen molar-refractivity contribution in [2.75, 3.05) is 11.0 Å². The van der Waals surface area contributed by atoms with E-state index in [4.69, 9.17) is 9.31 Å². The average molecular weight is 423 g/mol. The number of hydrogen-bond donors (Lipinski definition) is 1. The van der Waals surface area contributed by atoms with Gasteiger partial charge in [0, 0.05) is 35.0 Å². The van der Waals surface area contributed by atoms with Crippen molar-refractivity contribution in [3.8, 4) is 11.1 Å². The second-order valence-electron chi connectivity index (χ2n) is 8.56. The molecule has 7 nitrogen and oxygen atoms in total. The summed E-state index contributed by atoms with van der Waals surface area (Å²) in [6, 6.07) is 2.89. The fraction of sp³-hybridized carbons (Fsp3) is 0.526. The van der Waals surface area contributed by atoms with Crippen LogP contribution in [0.3, 0.4) is 0 Å². The lowest BCUT2D eigenvalue weighted by Crippen LogP contribution is -2.41. The van der Waals surface area contributed by atoms with Crippen molar-refractivity contribution in [1.82, 2.24) is 9.78 Å². The van der Waals surface area contributed by atoms with E-state index in [0.29, 0.717) is 11.3 Å². The Morgan fingerprint density at radius 1 is 1.14 bits per heavy atom. The number of aryl methyl sites for hydroxylation is 2. The zero-order chi connectivity index (χ0) is 21.9. The minimum Gasteiger partial charge on any atom is -0.399 e. The minimum atomic E-state index is -3.56. The van der Waals surface area contributed by atoms with Crippen LogP contribution in [0.4, 0.5) is 10.1 Å². The molecule has 0 aliphatic carbocycles. The number of benzene rings is 1. The highest BCUT2D eigenvalue weighted by Crippen LogP contribution is 2.38. The molecule has 0 saturated carbocycles. The molecule has 0 radical (unpaired) electrons. The van der Waals surface area contributed by atoms with Crippen LogP contribution in [0.1, 0.15) is 39.1 Å². The van der Waals surface area contributed by atoms with Crippen LogP contribution in [0.15, 0.2) is 12.1 Å². The number of aromatic nitrogens is 2. The van der Waals surface area contributed by atoms with Gasteiger partial charge in [-0.3, -0.25) is 9.40 Å². The van der Waals surface area contributed by atoms with Gasteiger partial charge in [-0.1, -0.05) is 0 Å². The van der Waals surface area contributed by atoms with Crippen LogP contribution in [0.25, 0.3) is 11.1 Å². The molecule has 1 aromatic carbocycles. The summed E-state index contributed by atoms with van der Waals surface area (Å²) in [6.45, 7) is 11.1. The summed E-state index contributed by atoms with van der Waals surface area (Å²) in [5.41, 5.74) is 1.30. The molecule has 0 unspecified atom stereocenters. The number of nitrogens with one attached hydrogen (secondary N) is 1. The van der Waals surface area contributed by atoms with E-state index in [1.54, 1.807) is 18.7 Å². The third-order valence-electron chi connectivity index (χ3n) is 5.69. The Morgan fingerprint density at radius 3 is 2.14 bits per heavy atom. The molecule has 2 heterocycles. The standard InChI is InChI=1S/C19H27BFN3O4S/c1-11-16(12(2)24(7)22-11)14-9-13(23-29(8,25)26)10-15(17(14)21)20-27-18(3,4)19(5,6)28-20/h9-10,23H,1-8H3. The van der Waals surface area contributed by atoms with Gasteiger partial charge in [-0.2, -0.15) is 5.10 Å². The summed E-state index contributed by atoms with van der Waals surface area (Å²) in [4.78, 5) is 0. The molecule has 3 rings (SSSR count). The fourth-order valence-corrected chi connectivity index (χ4v) is 3.95. The van der Waals surface area contributed by atoms with Crippen LogP contribution < -0.4 is 10.2 Å². The molecule has 1 N–H and O–H groups in total. The van der Waals surface area contributed by atoms with E-state index in [1.807, 2.05) is 34.6 Å². The predicted molar refractivity (Wildman–Crippen MR) is 112 cm³/mol.